The summed E-state index contributed by atoms with van der Waals surface area (Å²) in [6.07, 6.45) is 16.9. The molecule has 1 heterocycles. The number of allylic oxidation sites excluding steroid dienone is 3. The first-order valence-electron chi connectivity index (χ1n) is 16.5. The summed E-state index contributed by atoms with van der Waals surface area (Å²) in [5, 5.41) is 7.90. The number of Topliss-reactive ketones (excluding diaryl/α,β-unsaturated/α-hetero) is 1. The summed E-state index contributed by atoms with van der Waals surface area (Å²) in [5.41, 5.74) is 9.50. The lowest BCUT2D eigenvalue weighted by molar-refractivity contribution is -0.131. The third kappa shape index (κ3) is 21.7. The number of fused-ring (bicyclic) bond motifs is 1. The first-order chi connectivity index (χ1) is 21.6. The monoisotopic (exact) mass is 626 g/mol. The molecule has 1 aliphatic heterocycles. The third-order valence-corrected chi connectivity index (χ3v) is 6.79. The van der Waals surface area contributed by atoms with Crippen molar-refractivity contribution in [3.05, 3.63) is 65.3 Å². The SMILES string of the molecule is C/C=C\C(N)=NC(=O)CCC.CC.CC.CC1CCC(CCC(C)C(=O)Cc2ccc3c(c2)CCC3)O1.O=C=C/C=C\C(=O)O. The van der Waals surface area contributed by atoms with E-state index in [4.69, 9.17) is 15.6 Å². The first-order valence-corrected chi connectivity index (χ1v) is 16.5. The minimum Gasteiger partial charge on any atom is -0.478 e. The lowest BCUT2D eigenvalue weighted by Crippen LogP contribution is -2.17. The van der Waals surface area contributed by atoms with Crippen molar-refractivity contribution in [1.82, 2.24) is 0 Å². The van der Waals surface area contributed by atoms with Gasteiger partial charge in [-0.2, -0.15) is 4.99 Å². The van der Waals surface area contributed by atoms with Gasteiger partial charge in [-0.15, -0.1) is 0 Å². The zero-order valence-corrected chi connectivity index (χ0v) is 28.9. The highest BCUT2D eigenvalue weighted by atomic mass is 16.5. The summed E-state index contributed by atoms with van der Waals surface area (Å²) < 4.78 is 5.85. The molecular formula is C37H58N2O6. The van der Waals surface area contributed by atoms with E-state index in [9.17, 15) is 19.2 Å². The van der Waals surface area contributed by atoms with E-state index in [1.165, 1.54) is 48.3 Å². The topological polar surface area (TPSA) is 136 Å². The van der Waals surface area contributed by atoms with Crippen LogP contribution in [0.2, 0.25) is 0 Å². The van der Waals surface area contributed by atoms with Crippen LogP contribution in [0.15, 0.2) is 53.6 Å². The van der Waals surface area contributed by atoms with E-state index >= 15 is 0 Å². The number of hydrogen-bond acceptors (Lipinski definition) is 5. The van der Waals surface area contributed by atoms with Gasteiger partial charge in [-0.05, 0) is 94.1 Å². The highest BCUT2D eigenvalue weighted by Gasteiger charge is 2.23. The number of carbonyl (C=O) groups is 3. The molecule has 3 rings (SSSR count). The third-order valence-electron chi connectivity index (χ3n) is 6.79. The van der Waals surface area contributed by atoms with Gasteiger partial charge in [0.1, 0.15) is 17.6 Å². The molecule has 1 fully saturated rings. The first kappa shape index (κ1) is 43.5. The summed E-state index contributed by atoms with van der Waals surface area (Å²) in [7, 11) is 0. The molecule has 252 valence electrons. The van der Waals surface area contributed by atoms with Gasteiger partial charge in [0.25, 0.3) is 0 Å². The normalized spacial score (nSPS) is 17.1. The van der Waals surface area contributed by atoms with Crippen LogP contribution < -0.4 is 5.73 Å². The molecule has 0 radical (unpaired) electrons. The number of benzene rings is 1. The number of aliphatic carboxylic acids is 1. The molecular weight excluding hydrogens is 568 g/mol. The van der Waals surface area contributed by atoms with Crippen LogP contribution in [-0.2, 0) is 43.2 Å². The quantitative estimate of drug-likeness (QED) is 0.0849. The Morgan fingerprint density at radius 2 is 1.78 bits per heavy atom. The molecule has 0 spiro atoms. The number of amidine groups is 1. The predicted molar refractivity (Wildman–Crippen MR) is 185 cm³/mol. The summed E-state index contributed by atoms with van der Waals surface area (Å²) >= 11 is 0. The zero-order valence-electron chi connectivity index (χ0n) is 28.9. The molecule has 2 aliphatic rings. The second-order valence-corrected chi connectivity index (χ2v) is 10.4. The number of nitrogens with zero attached hydrogens (tertiary/aromatic N) is 1. The molecule has 0 aromatic heterocycles. The second-order valence-electron chi connectivity index (χ2n) is 10.4. The lowest BCUT2D eigenvalue weighted by atomic mass is 9.93. The van der Waals surface area contributed by atoms with E-state index in [0.29, 0.717) is 30.8 Å². The van der Waals surface area contributed by atoms with Gasteiger partial charge in [0.2, 0.25) is 5.91 Å². The van der Waals surface area contributed by atoms with Crippen LogP contribution >= 0.6 is 0 Å². The second kappa shape index (κ2) is 27.9. The number of carboxylic acid groups (broad SMARTS) is 1. The molecule has 1 amide bonds. The smallest absolute Gasteiger partial charge is 0.328 e. The van der Waals surface area contributed by atoms with Crippen molar-refractivity contribution < 1.29 is 29.0 Å². The highest BCUT2D eigenvalue weighted by molar-refractivity contribution is 5.99. The van der Waals surface area contributed by atoms with Gasteiger partial charge in [-0.25, -0.2) is 9.59 Å². The molecule has 8 nitrogen and oxygen atoms in total. The van der Waals surface area contributed by atoms with Gasteiger partial charge in [-0.1, -0.05) is 65.8 Å². The summed E-state index contributed by atoms with van der Waals surface area (Å²) in [6.45, 7) is 16.0. The van der Waals surface area contributed by atoms with E-state index < -0.39 is 5.97 Å². The van der Waals surface area contributed by atoms with Gasteiger partial charge < -0.3 is 15.6 Å². The molecule has 8 heteroatoms. The molecule has 3 N–H and O–H groups in total. The Morgan fingerprint density at radius 1 is 1.11 bits per heavy atom. The van der Waals surface area contributed by atoms with Gasteiger partial charge in [-0.3, -0.25) is 9.59 Å². The van der Waals surface area contributed by atoms with Crippen LogP contribution in [0.4, 0.5) is 0 Å². The van der Waals surface area contributed by atoms with Gasteiger partial charge in [0.05, 0.1) is 12.2 Å². The van der Waals surface area contributed by atoms with Crippen LogP contribution in [0.3, 0.4) is 0 Å². The van der Waals surface area contributed by atoms with E-state index in [1.807, 2.05) is 41.5 Å². The van der Waals surface area contributed by atoms with Crippen LogP contribution in [0.5, 0.6) is 0 Å². The van der Waals surface area contributed by atoms with Gasteiger partial charge in [0.15, 0.2) is 0 Å². The molecule has 1 aliphatic carbocycles. The molecule has 3 atom stereocenters. The Hall–Kier alpha value is -3.61. The predicted octanol–water partition coefficient (Wildman–Crippen LogP) is 7.58. The maximum absolute atomic E-state index is 12.4. The van der Waals surface area contributed by atoms with Gasteiger partial charge >= 0.3 is 5.97 Å². The van der Waals surface area contributed by atoms with Crippen molar-refractivity contribution in [1.29, 1.82) is 0 Å². The van der Waals surface area contributed by atoms with E-state index in [0.717, 1.165) is 43.9 Å². The highest BCUT2D eigenvalue weighted by Crippen LogP contribution is 2.26. The van der Waals surface area contributed by atoms with Gasteiger partial charge in [0, 0.05) is 30.9 Å². The average Bonchev–Trinajstić information content (AvgIpc) is 3.67. The van der Waals surface area contributed by atoms with Crippen LogP contribution in [0.1, 0.15) is 117 Å². The fraction of sp³-hybridized carbons (Fsp3) is 0.568. The van der Waals surface area contributed by atoms with Crippen molar-refractivity contribution in [3.63, 3.8) is 0 Å². The Bertz CT molecular complexity index is 1130. The fourth-order valence-electron chi connectivity index (χ4n) is 4.60. The number of nitrogens with two attached hydrogens (primary N) is 1. The van der Waals surface area contributed by atoms with Crippen molar-refractivity contribution in [2.75, 3.05) is 0 Å². The maximum atomic E-state index is 12.4. The standard InChI is InChI=1S/C20H28O2.C8H14N2O.C5H4O3.2C2H6/c1-14(6-10-19-11-7-15(2)22-19)20(21)13-16-8-9-17-4-3-5-18(17)12-16;1-3-5-7(9)10-8(11)6-4-2;6-4-2-1-3-5(7)8;2*1-2/h8-9,12,14-15,19H,3-7,10-11,13H2,1-2H3;3,5H,4,6H2,1-2H3,(H2,9,10,11);1-3H,(H,7,8);2*1-2H3/b;5-3-;3-1-;;. The number of carboxylic acids is 1. The van der Waals surface area contributed by atoms with E-state index in [1.54, 1.807) is 12.2 Å². The molecule has 45 heavy (non-hydrogen) atoms. The number of ketones is 1. The van der Waals surface area contributed by atoms with E-state index in [2.05, 4.69) is 37.0 Å². The number of hydrogen-bond donors (Lipinski definition) is 2. The molecule has 0 bridgehead atoms. The number of carbonyl (C=O) groups excluding carboxylic acids is 3. The molecule has 3 unspecified atom stereocenters. The number of rotatable bonds is 11. The Balaban J connectivity index is 0. The molecule has 0 saturated carbocycles. The molecule has 1 aromatic rings. The largest absolute Gasteiger partial charge is 0.478 e. The van der Waals surface area contributed by atoms with Crippen molar-refractivity contribution in [2.24, 2.45) is 16.6 Å². The summed E-state index contributed by atoms with van der Waals surface area (Å²) in [6, 6.07) is 6.63. The lowest BCUT2D eigenvalue weighted by Gasteiger charge is -2.15. The zero-order chi connectivity index (χ0) is 34.6. The van der Waals surface area contributed by atoms with E-state index in [-0.39, 0.29) is 17.7 Å². The number of aryl methyl sites for hydroxylation is 2. The number of amides is 1. The Morgan fingerprint density at radius 3 is 2.33 bits per heavy atom. The fourth-order valence-corrected chi connectivity index (χ4v) is 4.60. The van der Waals surface area contributed by atoms with Crippen molar-refractivity contribution in [2.45, 2.75) is 132 Å². The number of ether oxygens (including phenoxy) is 1. The maximum Gasteiger partial charge on any atom is 0.328 e. The number of aliphatic imine (C=N–C) groups is 1. The average molecular weight is 627 g/mol. The summed E-state index contributed by atoms with van der Waals surface area (Å²) in [5.74, 6) is 0.983. The Labute approximate surface area is 271 Å². The Kier molecular flexibility index (Phi) is 27.0. The van der Waals surface area contributed by atoms with Crippen LogP contribution in [0, 0.1) is 5.92 Å². The van der Waals surface area contributed by atoms with Crippen LogP contribution in [0.25, 0.3) is 0 Å². The molecule has 1 saturated heterocycles. The van der Waals surface area contributed by atoms with Crippen molar-refractivity contribution >= 4 is 29.4 Å². The van der Waals surface area contributed by atoms with Crippen molar-refractivity contribution in [3.8, 4) is 0 Å². The summed E-state index contributed by atoms with van der Waals surface area (Å²) in [4.78, 5) is 45.9. The minimum absolute atomic E-state index is 0.146. The minimum atomic E-state index is -1.07. The molecule has 1 aromatic carbocycles. The van der Waals surface area contributed by atoms with Crippen LogP contribution in [-0.4, -0.2) is 46.8 Å².